The van der Waals surface area contributed by atoms with Gasteiger partial charge in [-0.3, -0.25) is 43.2 Å². The van der Waals surface area contributed by atoms with Gasteiger partial charge >= 0.3 is 11.9 Å². The van der Waals surface area contributed by atoms with Gasteiger partial charge in [-0.15, -0.1) is 0 Å². The average molecular weight is 2050 g/mol. The van der Waals surface area contributed by atoms with Crippen molar-refractivity contribution in [2.45, 2.75) is 129 Å². The molecule has 12 aromatic carbocycles. The Hall–Kier alpha value is -16.1. The Morgan fingerprint density at radius 3 is 0.777 bits per heavy atom. The highest BCUT2D eigenvalue weighted by Gasteiger charge is 2.24. The van der Waals surface area contributed by atoms with E-state index in [4.69, 9.17) is 16.2 Å². The van der Waals surface area contributed by atoms with Gasteiger partial charge in [0.25, 0.3) is 5.91 Å². The highest BCUT2D eigenvalue weighted by molar-refractivity contribution is 9.09. The predicted octanol–water partition coefficient (Wildman–Crippen LogP) is 26.0. The van der Waals surface area contributed by atoms with Gasteiger partial charge in [0.1, 0.15) is 31.3 Å². The predicted molar refractivity (Wildman–Crippen MR) is 593 cm³/mol. The number of guanidine groups is 1. The number of benzene rings is 12. The van der Waals surface area contributed by atoms with E-state index >= 15 is 0 Å². The summed E-state index contributed by atoms with van der Waals surface area (Å²) in [6.45, 7) is 10.6. The zero-order valence-electron chi connectivity index (χ0n) is 83.8. The Morgan fingerprint density at radius 1 is 0.291 bits per heavy atom. The molecule has 21 nitrogen and oxygen atoms in total. The number of aliphatic carboxylic acids is 1. The Labute approximate surface area is 873 Å². The number of hydrogen-bond donors (Lipinski definition) is 3. The second-order valence-corrected chi connectivity index (χ2v) is 36.9. The molecular formula is C124H127BrF2N10O11. The van der Waals surface area contributed by atoms with Crippen LogP contribution in [0.1, 0.15) is 172 Å². The van der Waals surface area contributed by atoms with Gasteiger partial charge in [-0.1, -0.05) is 234 Å². The van der Waals surface area contributed by atoms with Crippen molar-refractivity contribution >= 4 is 97.2 Å². The number of methoxy groups -OCH3 is 1. The standard InChI is InChI=1S/C24H27N5O.C24H26N2O2.C23H24N2O2.C21H23NO2.C16H13FO2.C8H7BrO.C8H7FO/c25-24(26)27-23(30)17-29-21(18-7-3-1-4-8-18)13-14-22(29)19-9-11-20(12-10-19)28-15-5-2-6-16-28;1-28-24(27)18-26-22(19-8-4-2-5-9-19)14-15-23(26)20-10-12-21(13-11-20)25-16-6-3-7-17-25;26-23(27)17-25-21(18-7-3-1-4-8-18)13-14-22(25)19-9-11-20(12-10-19)24-15-5-2-6-16-24;23-20(17-7-3-1-4-8-17)13-14-21(24)18-9-11-19(12-10-18)22-15-5-2-6-16-22;17-14-8-6-13(7-9-14)16(19)11-10-15(18)12-4-2-1-3-5-12;9-6-8(10)7-4-2-1-3-5-7;1-6(10)7-2-4-8(9)5-3-7/h1,3-4,7-14H,2,5-6,15-17H2,(H4,25,26,27,30);2,4-5,8-15H,3,6-7,16-18H2,1H3;1,3-4,7-14H,2,5-6,15-17H2,(H,26,27);1,3-4,7-12H,2,5-6,13-16H2;1-9H,10-11H2;1-5H,6H2;2-5H,1H3. The van der Waals surface area contributed by atoms with E-state index in [0.717, 1.165) is 125 Å². The molecule has 0 spiro atoms. The summed E-state index contributed by atoms with van der Waals surface area (Å²) in [5.74, 6) is -2.45. The van der Waals surface area contributed by atoms with Crippen LogP contribution in [-0.4, -0.2) is 142 Å². The number of carboxylic acids is 1. The van der Waals surface area contributed by atoms with Gasteiger partial charge in [-0.25, -0.2) is 8.78 Å². The van der Waals surface area contributed by atoms with Crippen molar-refractivity contribution < 1.29 is 61.8 Å². The van der Waals surface area contributed by atoms with Gasteiger partial charge in [-0.2, -0.15) is 4.99 Å². The van der Waals surface area contributed by atoms with Gasteiger partial charge in [0.05, 0.1) is 12.4 Å². The number of nitrogens with two attached hydrogens (primary N) is 2. The normalized spacial score (nSPS) is 13.0. The number of Topliss-reactive ketones (excluding diaryl/α,β-unsaturated/α-hetero) is 6. The number of amides is 1. The highest BCUT2D eigenvalue weighted by Crippen LogP contribution is 2.37. The number of anilines is 4. The quantitative estimate of drug-likeness (QED) is 0.0129. The fraction of sp³-hybridized carbons (Fsp3) is 0.242. The van der Waals surface area contributed by atoms with Crippen molar-refractivity contribution in [3.8, 4) is 67.5 Å². The molecule has 5 N–H and O–H groups in total. The molecule has 4 aliphatic heterocycles. The van der Waals surface area contributed by atoms with E-state index in [-0.39, 0.29) is 109 Å². The number of piperidine rings is 4. The Morgan fingerprint density at radius 2 is 0.520 bits per heavy atom. The van der Waals surface area contributed by atoms with E-state index in [0.29, 0.717) is 33.1 Å². The molecule has 24 heteroatoms. The maximum Gasteiger partial charge on any atom is 0.325 e. The molecule has 19 rings (SSSR count). The minimum atomic E-state index is -0.838. The number of esters is 1. The maximum absolute atomic E-state index is 12.7. The SMILES string of the molecule is CC(=O)c1ccc(F)cc1.COC(=O)Cn1c(-c2ccccc2)ccc1-c1ccc(N2CCCCC2)cc1.NC(N)=NC(=O)Cn1c(-c2ccccc2)ccc1-c1ccc(N2CCCCC2)cc1.O=C(CBr)c1ccccc1.O=C(CCC(=O)c1ccc(F)cc1)c1ccccc1.O=C(CCC(=O)c1ccc(N2CCCCC2)cc1)c1ccccc1.O=C(O)Cn1c(-c2ccccc2)ccc1-c1ccc(N2CCCCC2)cc1. The van der Waals surface area contributed by atoms with Gasteiger partial charge in [0.15, 0.2) is 40.7 Å². The second-order valence-electron chi connectivity index (χ2n) is 36.4. The summed E-state index contributed by atoms with van der Waals surface area (Å²) in [7, 11) is 1.43. The fourth-order valence-electron chi connectivity index (χ4n) is 18.2. The molecule has 0 bridgehead atoms. The number of carbonyl (C=O) groups excluding carboxylic acids is 8. The molecule has 3 aromatic heterocycles. The van der Waals surface area contributed by atoms with Gasteiger partial charge in [-0.05, 0) is 263 Å². The van der Waals surface area contributed by atoms with E-state index in [1.54, 1.807) is 36.4 Å². The largest absolute Gasteiger partial charge is 0.480 e. The molecule has 0 radical (unpaired) electrons. The first-order valence-corrected chi connectivity index (χ1v) is 51.6. The zero-order valence-corrected chi connectivity index (χ0v) is 85.4. The van der Waals surface area contributed by atoms with Crippen LogP contribution in [0.2, 0.25) is 0 Å². The minimum absolute atomic E-state index is 0.0221. The molecule has 760 valence electrons. The van der Waals surface area contributed by atoms with Gasteiger partial charge < -0.3 is 54.6 Å². The minimum Gasteiger partial charge on any atom is -0.480 e. The Bertz CT molecular complexity index is 6810. The Kier molecular flexibility index (Phi) is 42.0. The lowest BCUT2D eigenvalue weighted by atomic mass is 10.0. The summed E-state index contributed by atoms with van der Waals surface area (Å²) < 4.78 is 35.8. The van der Waals surface area contributed by atoms with Crippen molar-refractivity contribution in [2.75, 3.05) is 84.4 Å². The van der Waals surface area contributed by atoms with Crippen molar-refractivity contribution in [3.63, 3.8) is 0 Å². The number of carboxylic acid groups (broad SMARTS) is 1. The molecule has 7 heterocycles. The lowest BCUT2D eigenvalue weighted by Gasteiger charge is -2.28. The second kappa shape index (κ2) is 57.0. The molecule has 4 fully saturated rings. The third-order valence-corrected chi connectivity index (χ3v) is 26.6. The van der Waals surface area contributed by atoms with E-state index in [1.165, 1.54) is 162 Å². The average Bonchev–Trinajstić information content (AvgIpc) is 1.65. The summed E-state index contributed by atoms with van der Waals surface area (Å²) in [6, 6.07) is 114. The zero-order chi connectivity index (χ0) is 104. The summed E-state index contributed by atoms with van der Waals surface area (Å²) >= 11 is 3.10. The number of rotatable bonds is 29. The maximum atomic E-state index is 12.7. The number of aromatic nitrogens is 3. The number of alkyl halides is 1. The molecule has 15 aromatic rings. The number of hydrogen-bond acceptors (Lipinski definition) is 14. The summed E-state index contributed by atoms with van der Waals surface area (Å²) in [4.78, 5) is 119. The Balaban J connectivity index is 0.000000148. The number of nitrogens with zero attached hydrogens (tertiary/aromatic N) is 8. The monoisotopic (exact) mass is 2050 g/mol. The van der Waals surface area contributed by atoms with Crippen LogP contribution in [0.15, 0.2) is 369 Å². The van der Waals surface area contributed by atoms with Gasteiger partial charge in [0, 0.05) is 168 Å². The van der Waals surface area contributed by atoms with E-state index in [1.807, 2.05) is 196 Å². The van der Waals surface area contributed by atoms with Crippen LogP contribution in [0.3, 0.4) is 0 Å². The topological polar surface area (TPSA) is 275 Å². The molecule has 4 saturated heterocycles. The fourth-order valence-corrected chi connectivity index (χ4v) is 18.5. The number of halogens is 3. The number of carbonyl (C=O) groups is 9. The third kappa shape index (κ3) is 32.7. The number of ketones is 6. The molecule has 148 heavy (non-hydrogen) atoms. The number of aliphatic imine (C=N–C) groups is 1. The molecule has 1 amide bonds. The van der Waals surface area contributed by atoms with Crippen molar-refractivity contribution in [3.05, 3.63) is 409 Å². The summed E-state index contributed by atoms with van der Waals surface area (Å²) in [5.41, 5.74) is 31.6. The van der Waals surface area contributed by atoms with Crippen LogP contribution in [0, 0.1) is 11.6 Å². The molecular weight excluding hydrogens is 1920 g/mol. The number of ether oxygens (including phenoxy) is 1. The van der Waals surface area contributed by atoms with Gasteiger partial charge in [0.2, 0.25) is 0 Å². The van der Waals surface area contributed by atoms with E-state index in [2.05, 4.69) is 138 Å². The summed E-state index contributed by atoms with van der Waals surface area (Å²) in [6.07, 6.45) is 16.1. The van der Waals surface area contributed by atoms with Crippen LogP contribution >= 0.6 is 15.9 Å². The van der Waals surface area contributed by atoms with Crippen molar-refractivity contribution in [1.82, 2.24) is 13.7 Å². The molecule has 0 saturated carbocycles. The smallest absolute Gasteiger partial charge is 0.325 e. The van der Waals surface area contributed by atoms with E-state index in [9.17, 15) is 57.0 Å². The molecule has 0 unspecified atom stereocenters. The van der Waals surface area contributed by atoms with Crippen molar-refractivity contribution in [1.29, 1.82) is 0 Å². The first kappa shape index (κ1) is 109. The third-order valence-electron chi connectivity index (χ3n) is 26.1. The van der Waals surface area contributed by atoms with Crippen LogP contribution in [0.4, 0.5) is 31.5 Å². The first-order valence-electron chi connectivity index (χ1n) is 50.5. The molecule has 0 aliphatic carbocycles. The first-order chi connectivity index (χ1) is 72.0. The lowest BCUT2D eigenvalue weighted by Crippen LogP contribution is -2.29. The van der Waals surface area contributed by atoms with Crippen LogP contribution in [0.5, 0.6) is 0 Å². The highest BCUT2D eigenvalue weighted by atomic mass is 79.9. The van der Waals surface area contributed by atoms with Crippen LogP contribution < -0.4 is 31.1 Å². The van der Waals surface area contributed by atoms with E-state index < -0.39 is 5.97 Å². The van der Waals surface area contributed by atoms with Crippen LogP contribution in [-0.2, 0) is 38.8 Å². The van der Waals surface area contributed by atoms with Crippen LogP contribution in [0.25, 0.3) is 67.5 Å². The summed E-state index contributed by atoms with van der Waals surface area (Å²) in [5, 5.41) is 9.81. The lowest BCUT2D eigenvalue weighted by molar-refractivity contribution is -0.141. The molecule has 4 aliphatic rings. The molecule has 0 atom stereocenters. The van der Waals surface area contributed by atoms with Crippen molar-refractivity contribution in [2.24, 2.45) is 16.5 Å².